The maximum atomic E-state index is 12.3. The van der Waals surface area contributed by atoms with Crippen LogP contribution in [0, 0.1) is 5.92 Å². The molecule has 8 N–H and O–H groups in total. The fourth-order valence-electron chi connectivity index (χ4n) is 2.02. The Kier molecular flexibility index (Phi) is 10.2. The molecule has 9 nitrogen and oxygen atoms in total. The summed E-state index contributed by atoms with van der Waals surface area (Å²) in [6.07, 6.45) is 0.417. The van der Waals surface area contributed by atoms with Gasteiger partial charge >= 0.3 is 5.97 Å². The molecule has 0 fully saturated rings. The summed E-state index contributed by atoms with van der Waals surface area (Å²) in [7, 11) is 0. The largest absolute Gasteiger partial charge is 0.480 e. The third-order valence-electron chi connectivity index (χ3n) is 3.63. The summed E-state index contributed by atoms with van der Waals surface area (Å²) in [5.41, 5.74) is 10.9. The van der Waals surface area contributed by atoms with E-state index in [4.69, 9.17) is 11.5 Å². The molecule has 24 heavy (non-hydrogen) atoms. The van der Waals surface area contributed by atoms with Gasteiger partial charge in [-0.3, -0.25) is 9.59 Å². The smallest absolute Gasteiger partial charge is 0.326 e. The lowest BCUT2D eigenvalue weighted by Crippen LogP contribution is -2.57. The number of hydrogen-bond donors (Lipinski definition) is 6. The van der Waals surface area contributed by atoms with Crippen LogP contribution in [0.1, 0.15) is 40.0 Å². The normalized spacial score (nSPS) is 16.1. The highest BCUT2D eigenvalue weighted by molar-refractivity contribution is 5.92. The number of carboxylic acids is 1. The van der Waals surface area contributed by atoms with Crippen molar-refractivity contribution in [3.05, 3.63) is 0 Å². The monoisotopic (exact) mass is 346 g/mol. The molecule has 0 aromatic rings. The van der Waals surface area contributed by atoms with E-state index < -0.39 is 42.0 Å². The predicted molar refractivity (Wildman–Crippen MR) is 88.9 cm³/mol. The molecule has 0 aliphatic carbocycles. The van der Waals surface area contributed by atoms with E-state index in [-0.39, 0.29) is 12.3 Å². The van der Waals surface area contributed by atoms with E-state index in [9.17, 15) is 24.6 Å². The minimum absolute atomic E-state index is 0.254. The number of unbranched alkanes of at least 4 members (excludes halogenated alkanes) is 1. The van der Waals surface area contributed by atoms with Gasteiger partial charge in [-0.15, -0.1) is 0 Å². The number of amides is 2. The summed E-state index contributed by atoms with van der Waals surface area (Å²) in [6, 6.07) is -3.16. The molecule has 2 amide bonds. The van der Waals surface area contributed by atoms with E-state index in [0.29, 0.717) is 19.4 Å². The van der Waals surface area contributed by atoms with E-state index in [1.807, 2.05) is 0 Å². The molecule has 4 atom stereocenters. The number of aliphatic hydroxyl groups excluding tert-OH is 1. The Bertz CT molecular complexity index is 428. The Balaban J connectivity index is 4.88. The molecule has 0 aliphatic heterocycles. The molecule has 9 heteroatoms. The van der Waals surface area contributed by atoms with Gasteiger partial charge in [-0.05, 0) is 38.6 Å². The molecule has 0 saturated heterocycles. The first kappa shape index (κ1) is 22.3. The number of carbonyl (C=O) groups excluding carboxylic acids is 2. The summed E-state index contributed by atoms with van der Waals surface area (Å²) >= 11 is 0. The van der Waals surface area contributed by atoms with Crippen LogP contribution in [0.4, 0.5) is 0 Å². The molecule has 140 valence electrons. The van der Waals surface area contributed by atoms with Crippen molar-refractivity contribution in [2.75, 3.05) is 6.54 Å². The minimum Gasteiger partial charge on any atom is -0.480 e. The van der Waals surface area contributed by atoms with Gasteiger partial charge in [-0.1, -0.05) is 13.8 Å². The first-order valence-corrected chi connectivity index (χ1v) is 8.09. The van der Waals surface area contributed by atoms with Gasteiger partial charge in [0.05, 0.1) is 6.10 Å². The van der Waals surface area contributed by atoms with E-state index >= 15 is 0 Å². The van der Waals surface area contributed by atoms with Crippen LogP contribution >= 0.6 is 0 Å². The number of nitrogens with two attached hydrogens (primary N) is 2. The fraction of sp³-hybridized carbons (Fsp3) is 0.800. The average molecular weight is 346 g/mol. The van der Waals surface area contributed by atoms with Crippen LogP contribution in [-0.2, 0) is 14.4 Å². The summed E-state index contributed by atoms with van der Waals surface area (Å²) in [5.74, 6) is -2.70. The highest BCUT2D eigenvalue weighted by atomic mass is 16.4. The molecule has 0 aliphatic rings. The number of hydrogen-bond acceptors (Lipinski definition) is 6. The second kappa shape index (κ2) is 11.0. The molecule has 0 saturated carbocycles. The van der Waals surface area contributed by atoms with Crippen molar-refractivity contribution >= 4 is 17.8 Å². The molecule has 0 rings (SSSR count). The summed E-state index contributed by atoms with van der Waals surface area (Å²) in [5, 5.41) is 23.4. The van der Waals surface area contributed by atoms with Crippen LogP contribution in [0.3, 0.4) is 0 Å². The summed E-state index contributed by atoms with van der Waals surface area (Å²) in [4.78, 5) is 35.5. The lowest BCUT2D eigenvalue weighted by atomic mass is 10.0. The standard InChI is InChI=1S/C15H30N4O5/c1-8(2)12(19-13(21)11(17)9(3)20)14(22)18-10(15(23)24)6-4-5-7-16/h8-12,20H,4-7,16-17H2,1-3H3,(H,18,22)(H,19,21)(H,23,24). The van der Waals surface area contributed by atoms with Gasteiger partial charge in [0.1, 0.15) is 18.1 Å². The van der Waals surface area contributed by atoms with E-state index in [2.05, 4.69) is 10.6 Å². The Morgan fingerprint density at radius 2 is 1.62 bits per heavy atom. The third-order valence-corrected chi connectivity index (χ3v) is 3.63. The zero-order valence-electron chi connectivity index (χ0n) is 14.5. The van der Waals surface area contributed by atoms with Crippen molar-refractivity contribution in [2.24, 2.45) is 17.4 Å². The van der Waals surface area contributed by atoms with Gasteiger partial charge in [0.15, 0.2) is 0 Å². The van der Waals surface area contributed by atoms with E-state index in [1.54, 1.807) is 13.8 Å². The van der Waals surface area contributed by atoms with Crippen LogP contribution in [0.5, 0.6) is 0 Å². The van der Waals surface area contributed by atoms with Crippen LogP contribution in [0.25, 0.3) is 0 Å². The first-order valence-electron chi connectivity index (χ1n) is 8.09. The van der Waals surface area contributed by atoms with Gasteiger partial charge in [-0.25, -0.2) is 4.79 Å². The van der Waals surface area contributed by atoms with Crippen LogP contribution in [-0.4, -0.2) is 58.8 Å². The Labute approximate surface area is 142 Å². The van der Waals surface area contributed by atoms with Crippen molar-refractivity contribution < 1.29 is 24.6 Å². The second-order valence-corrected chi connectivity index (χ2v) is 6.18. The quantitative estimate of drug-likeness (QED) is 0.248. The lowest BCUT2D eigenvalue weighted by Gasteiger charge is -2.26. The highest BCUT2D eigenvalue weighted by Gasteiger charge is 2.30. The number of carbonyl (C=O) groups is 3. The van der Waals surface area contributed by atoms with Gasteiger partial charge in [0.25, 0.3) is 0 Å². The van der Waals surface area contributed by atoms with Crippen molar-refractivity contribution in [3.63, 3.8) is 0 Å². The first-order chi connectivity index (χ1) is 11.1. The van der Waals surface area contributed by atoms with Crippen LogP contribution in [0.2, 0.25) is 0 Å². The molecular weight excluding hydrogens is 316 g/mol. The second-order valence-electron chi connectivity index (χ2n) is 6.18. The zero-order chi connectivity index (χ0) is 18.9. The van der Waals surface area contributed by atoms with Gasteiger partial charge in [-0.2, -0.15) is 0 Å². The zero-order valence-corrected chi connectivity index (χ0v) is 14.5. The summed E-state index contributed by atoms with van der Waals surface area (Å²) in [6.45, 7) is 5.24. The number of rotatable bonds is 11. The molecule has 0 aromatic carbocycles. The molecule has 0 heterocycles. The van der Waals surface area contributed by atoms with E-state index in [0.717, 1.165) is 0 Å². The predicted octanol–water partition coefficient (Wildman–Crippen LogP) is -1.47. The molecule has 0 bridgehead atoms. The maximum absolute atomic E-state index is 12.3. The van der Waals surface area contributed by atoms with Crippen molar-refractivity contribution in [1.29, 1.82) is 0 Å². The van der Waals surface area contributed by atoms with Crippen molar-refractivity contribution in [2.45, 2.75) is 64.3 Å². The third kappa shape index (κ3) is 7.71. The van der Waals surface area contributed by atoms with Crippen molar-refractivity contribution in [1.82, 2.24) is 10.6 Å². The number of aliphatic hydroxyl groups is 1. The Morgan fingerprint density at radius 1 is 1.04 bits per heavy atom. The SMILES string of the molecule is CC(C)C(NC(=O)C(N)C(C)O)C(=O)NC(CCCCN)C(=O)O. The molecule has 0 aromatic heterocycles. The molecule has 0 radical (unpaired) electrons. The van der Waals surface area contributed by atoms with Crippen molar-refractivity contribution in [3.8, 4) is 0 Å². The Morgan fingerprint density at radius 3 is 2.04 bits per heavy atom. The number of nitrogens with one attached hydrogen (secondary N) is 2. The number of aliphatic carboxylic acids is 1. The van der Waals surface area contributed by atoms with Crippen LogP contribution in [0.15, 0.2) is 0 Å². The summed E-state index contributed by atoms with van der Waals surface area (Å²) < 4.78 is 0. The maximum Gasteiger partial charge on any atom is 0.326 e. The Hall–Kier alpha value is -1.71. The topological polar surface area (TPSA) is 168 Å². The highest BCUT2D eigenvalue weighted by Crippen LogP contribution is 2.06. The van der Waals surface area contributed by atoms with Crippen LogP contribution < -0.4 is 22.1 Å². The number of carboxylic acid groups (broad SMARTS) is 1. The van der Waals surface area contributed by atoms with E-state index in [1.165, 1.54) is 6.92 Å². The lowest BCUT2D eigenvalue weighted by molar-refractivity contribution is -0.142. The average Bonchev–Trinajstić information content (AvgIpc) is 2.49. The molecule has 0 spiro atoms. The van der Waals surface area contributed by atoms with Gasteiger partial charge < -0.3 is 32.3 Å². The minimum atomic E-state index is -1.17. The fourth-order valence-corrected chi connectivity index (χ4v) is 2.02. The molecule has 4 unspecified atom stereocenters. The van der Waals surface area contributed by atoms with Gasteiger partial charge in [0.2, 0.25) is 11.8 Å². The molecular formula is C15H30N4O5. The van der Waals surface area contributed by atoms with Gasteiger partial charge in [0, 0.05) is 0 Å².